The van der Waals surface area contributed by atoms with E-state index in [-0.39, 0.29) is 0 Å². The zero-order chi connectivity index (χ0) is 30.3. The predicted molar refractivity (Wildman–Crippen MR) is 188 cm³/mol. The van der Waals surface area contributed by atoms with E-state index in [0.717, 1.165) is 51.2 Å². The first-order valence-electron chi connectivity index (χ1n) is 15.2. The van der Waals surface area contributed by atoms with Crippen molar-refractivity contribution in [2.24, 2.45) is 0 Å². The summed E-state index contributed by atoms with van der Waals surface area (Å²) in [6.45, 7) is 0. The first kappa shape index (κ1) is 28.2. The van der Waals surface area contributed by atoms with Crippen molar-refractivity contribution in [2.75, 3.05) is 0 Å². The van der Waals surface area contributed by atoms with Gasteiger partial charge in [0, 0.05) is 72.8 Å². The molecule has 0 unspecified atom stereocenters. The van der Waals surface area contributed by atoms with E-state index in [0.29, 0.717) is 0 Å². The van der Waals surface area contributed by atoms with Gasteiger partial charge in [-0.2, -0.15) is 0 Å². The van der Waals surface area contributed by atoms with Gasteiger partial charge in [0.15, 0.2) is 34.1 Å². The Morgan fingerprint density at radius 3 is 0.489 bits per heavy atom. The number of benzene rings is 7. The molecule has 0 aliphatic carbocycles. The molecule has 0 saturated heterocycles. The first-order valence-corrected chi connectivity index (χ1v) is 15.2. The van der Waals surface area contributed by atoms with E-state index in [9.17, 15) is 0 Å². The molecule has 0 aromatic heterocycles. The fourth-order valence-corrected chi connectivity index (χ4v) is 5.77. The Bertz CT molecular complexity index is 1570. The fraction of sp³-hybridized carbons (Fsp3) is 0. The molecule has 213 valence electrons. The highest BCUT2D eigenvalue weighted by atomic mass is 15.2. The summed E-state index contributed by atoms with van der Waals surface area (Å²) in [6.07, 6.45) is 0. The number of nitrogens with zero attached hydrogens (tertiary/aromatic N) is 3. The Kier molecular flexibility index (Phi) is 8.38. The lowest BCUT2D eigenvalue weighted by molar-refractivity contribution is 0.880. The molecule has 45 heavy (non-hydrogen) atoms. The molecule has 0 heterocycles. The summed E-state index contributed by atoms with van der Waals surface area (Å²) in [5.74, 6) is 0. The van der Waals surface area contributed by atoms with Gasteiger partial charge in [-0.25, -0.2) is 0 Å². The highest BCUT2D eigenvalue weighted by Crippen LogP contribution is 2.44. The quantitative estimate of drug-likeness (QED) is 0.151. The average Bonchev–Trinajstić information content (AvgIpc) is 3.12. The second-order valence-corrected chi connectivity index (χ2v) is 10.7. The molecule has 0 atom stereocenters. The second-order valence-electron chi connectivity index (χ2n) is 10.7. The second kappa shape index (κ2) is 13.4. The molecular weight excluding hydrogens is 546 g/mol. The summed E-state index contributed by atoms with van der Waals surface area (Å²) in [5, 5.41) is 0. The van der Waals surface area contributed by atoms with Crippen molar-refractivity contribution < 1.29 is 0 Å². The lowest BCUT2D eigenvalue weighted by atomic mass is 10.1. The van der Waals surface area contributed by atoms with Crippen LogP contribution in [0.5, 0.6) is 0 Å². The van der Waals surface area contributed by atoms with Gasteiger partial charge < -0.3 is 0 Å². The van der Waals surface area contributed by atoms with E-state index in [2.05, 4.69) is 215 Å². The number of para-hydroxylation sites is 6. The smallest absolute Gasteiger partial charge is 0.0618 e. The van der Waals surface area contributed by atoms with Crippen molar-refractivity contribution >= 4 is 51.2 Å². The van der Waals surface area contributed by atoms with Crippen molar-refractivity contribution in [3.05, 3.63) is 200 Å². The molecule has 7 aromatic rings. The van der Waals surface area contributed by atoms with Gasteiger partial charge in [0.05, 0.1) is 18.2 Å². The molecule has 7 aromatic carbocycles. The van der Waals surface area contributed by atoms with Crippen LogP contribution in [0.1, 0.15) is 0 Å². The van der Waals surface area contributed by atoms with Gasteiger partial charge in [-0.15, -0.1) is 0 Å². The highest BCUT2D eigenvalue weighted by molar-refractivity contribution is 5.78. The number of rotatable bonds is 9. The number of anilines is 9. The topological polar surface area (TPSA) is 17.7 Å². The van der Waals surface area contributed by atoms with E-state index >= 15 is 0 Å². The maximum Gasteiger partial charge on any atom is 0.204 e. The van der Waals surface area contributed by atoms with Crippen LogP contribution in [0.4, 0.5) is 51.2 Å². The van der Waals surface area contributed by atoms with Gasteiger partial charge in [0.25, 0.3) is 0 Å². The molecular formula is C42H33N3+3. The Morgan fingerprint density at radius 2 is 0.333 bits per heavy atom. The third-order valence-corrected chi connectivity index (χ3v) is 7.75. The van der Waals surface area contributed by atoms with Crippen LogP contribution >= 0.6 is 0 Å². The van der Waals surface area contributed by atoms with E-state index in [4.69, 9.17) is 0 Å². The van der Waals surface area contributed by atoms with E-state index in [1.807, 2.05) is 0 Å². The van der Waals surface area contributed by atoms with E-state index < -0.39 is 0 Å². The minimum absolute atomic E-state index is 1.05. The third-order valence-electron chi connectivity index (χ3n) is 7.75. The Morgan fingerprint density at radius 1 is 0.178 bits per heavy atom. The molecule has 0 saturated carbocycles. The zero-order valence-corrected chi connectivity index (χ0v) is 24.9. The van der Waals surface area contributed by atoms with Crippen LogP contribution in [0.25, 0.3) is 0 Å². The molecule has 0 fully saturated rings. The predicted octanol–water partition coefficient (Wildman–Crippen LogP) is 12.0. The molecule has 0 amide bonds. The largest absolute Gasteiger partial charge is 0.204 e. The zero-order valence-electron chi connectivity index (χ0n) is 24.9. The van der Waals surface area contributed by atoms with Crippen molar-refractivity contribution in [3.8, 4) is 0 Å². The van der Waals surface area contributed by atoms with E-state index in [1.165, 1.54) is 0 Å². The monoisotopic (exact) mass is 579 g/mol. The molecule has 3 nitrogen and oxygen atoms in total. The van der Waals surface area contributed by atoms with Gasteiger partial charge in [-0.3, -0.25) is 0 Å². The molecule has 0 aliphatic rings. The lowest BCUT2D eigenvalue weighted by Crippen LogP contribution is -2.17. The summed E-state index contributed by atoms with van der Waals surface area (Å²) in [5.41, 5.74) is 9.67. The van der Waals surface area contributed by atoms with Crippen molar-refractivity contribution in [3.63, 3.8) is 0 Å². The first-order chi connectivity index (χ1) is 22.3. The Balaban J connectivity index is 1.52. The van der Waals surface area contributed by atoms with Crippen molar-refractivity contribution in [2.45, 2.75) is 0 Å². The van der Waals surface area contributed by atoms with Gasteiger partial charge in [-0.05, 0) is 0 Å². The molecule has 0 aliphatic heterocycles. The van der Waals surface area contributed by atoms with Crippen LogP contribution in [0.3, 0.4) is 0 Å². The molecule has 0 spiro atoms. The minimum atomic E-state index is 1.05. The fourth-order valence-electron chi connectivity index (χ4n) is 5.77. The van der Waals surface area contributed by atoms with Gasteiger partial charge in [-0.1, -0.05) is 124 Å². The SMILES string of the molecule is c1ccc([N+](c2ccccc2)c2cc([N+](c3ccccc3)c3ccccc3)cc([N+](c3ccccc3)c3ccccc3)c2)cc1. The summed E-state index contributed by atoms with van der Waals surface area (Å²) in [7, 11) is 0. The Hall–Kier alpha value is -5.58. The maximum absolute atomic E-state index is 2.33. The van der Waals surface area contributed by atoms with Crippen LogP contribution < -0.4 is 14.7 Å². The lowest BCUT2D eigenvalue weighted by Gasteiger charge is -2.17. The number of hydrogen-bond donors (Lipinski definition) is 0. The van der Waals surface area contributed by atoms with Gasteiger partial charge in [0.2, 0.25) is 17.1 Å². The van der Waals surface area contributed by atoms with Crippen LogP contribution in [0.2, 0.25) is 0 Å². The van der Waals surface area contributed by atoms with Crippen LogP contribution in [0, 0.1) is 0 Å². The standard InChI is InChI=1S/C42H33N3/c1-7-19-34(20-8-1)43(35-21-9-2-10-22-35)40-31-41(44(36-23-11-3-12-24-36)37-25-13-4-14-26-37)33-42(32-40)45(38-27-15-5-16-28-38)39-29-17-6-18-30-39/h1-33H/q+3. The normalized spacial score (nSPS) is 11.3. The third kappa shape index (κ3) is 6.23. The maximum atomic E-state index is 2.33. The van der Waals surface area contributed by atoms with E-state index in [1.54, 1.807) is 0 Å². The van der Waals surface area contributed by atoms with Crippen molar-refractivity contribution in [1.82, 2.24) is 14.7 Å². The van der Waals surface area contributed by atoms with Gasteiger partial charge in [0.1, 0.15) is 0 Å². The number of hydrogen-bond acceptors (Lipinski definition) is 3. The summed E-state index contributed by atoms with van der Waals surface area (Å²) >= 11 is 0. The Labute approximate surface area is 265 Å². The van der Waals surface area contributed by atoms with Gasteiger partial charge >= 0.3 is 0 Å². The molecule has 0 N–H and O–H groups in total. The molecule has 0 bridgehead atoms. The van der Waals surface area contributed by atoms with Crippen LogP contribution in [-0.4, -0.2) is 0 Å². The molecule has 7 rings (SSSR count). The average molecular weight is 580 g/mol. The highest BCUT2D eigenvalue weighted by Gasteiger charge is 2.36. The summed E-state index contributed by atoms with van der Waals surface area (Å²) < 4.78 is 0. The van der Waals surface area contributed by atoms with Crippen LogP contribution in [-0.2, 0) is 0 Å². The molecule has 3 radical (unpaired) electrons. The molecule has 3 heteroatoms. The summed E-state index contributed by atoms with van der Waals surface area (Å²) in [4.78, 5) is 6.99. The summed E-state index contributed by atoms with van der Waals surface area (Å²) in [6, 6.07) is 70.3. The minimum Gasteiger partial charge on any atom is -0.0618 e. The van der Waals surface area contributed by atoms with Crippen LogP contribution in [0.15, 0.2) is 200 Å². The van der Waals surface area contributed by atoms with Crippen molar-refractivity contribution in [1.29, 1.82) is 0 Å².